The lowest BCUT2D eigenvalue weighted by molar-refractivity contribution is 0.0783. The fraction of sp³-hybridized carbons (Fsp3) is 0.273. The zero-order valence-corrected chi connectivity index (χ0v) is 17.6. The Morgan fingerprint density at radius 2 is 2.00 bits per heavy atom. The van der Waals surface area contributed by atoms with Gasteiger partial charge in [-0.2, -0.15) is 0 Å². The molecule has 0 aliphatic rings. The van der Waals surface area contributed by atoms with Crippen molar-refractivity contribution in [2.75, 3.05) is 14.2 Å². The van der Waals surface area contributed by atoms with E-state index >= 15 is 0 Å². The van der Waals surface area contributed by atoms with Crippen LogP contribution >= 0.6 is 11.6 Å². The van der Waals surface area contributed by atoms with Crippen molar-refractivity contribution in [3.8, 4) is 11.5 Å². The Morgan fingerprint density at radius 3 is 2.69 bits per heavy atom. The normalized spacial score (nSPS) is 10.7. The van der Waals surface area contributed by atoms with Gasteiger partial charge in [0.1, 0.15) is 23.9 Å². The van der Waals surface area contributed by atoms with Crippen molar-refractivity contribution in [3.05, 3.63) is 75.6 Å². The summed E-state index contributed by atoms with van der Waals surface area (Å²) in [6.07, 6.45) is 0. The van der Waals surface area contributed by atoms with Crippen molar-refractivity contribution in [1.29, 1.82) is 0 Å². The lowest BCUT2D eigenvalue weighted by Gasteiger charge is -2.19. The molecule has 0 atom stereocenters. The number of hydrogen-bond donors (Lipinski definition) is 0. The Morgan fingerprint density at radius 1 is 1.21 bits per heavy atom. The first kappa shape index (κ1) is 20.7. The molecule has 0 aliphatic carbocycles. The molecule has 1 heterocycles. The van der Waals surface area contributed by atoms with Gasteiger partial charge in [-0.05, 0) is 50.2 Å². The summed E-state index contributed by atoms with van der Waals surface area (Å²) in [4.78, 5) is 14.5. The molecule has 0 fully saturated rings. The van der Waals surface area contributed by atoms with E-state index in [1.165, 1.54) is 0 Å². The molecule has 0 N–H and O–H groups in total. The van der Waals surface area contributed by atoms with E-state index in [1.54, 1.807) is 55.5 Å². The fourth-order valence-electron chi connectivity index (χ4n) is 3.00. The SMILES string of the molecule is COc1ccc(Cl)cc1CN(C)C(=O)c1cccc(OCc2c(C)noc2C)c1. The number of nitrogens with zero attached hydrogens (tertiary/aromatic N) is 2. The molecule has 0 unspecified atom stereocenters. The maximum absolute atomic E-state index is 12.9. The van der Waals surface area contributed by atoms with Crippen molar-refractivity contribution in [1.82, 2.24) is 10.1 Å². The number of halogens is 1. The first-order valence-electron chi connectivity index (χ1n) is 9.11. The van der Waals surface area contributed by atoms with Crippen LogP contribution in [0.5, 0.6) is 11.5 Å². The van der Waals surface area contributed by atoms with E-state index in [1.807, 2.05) is 19.9 Å². The number of aromatic nitrogens is 1. The number of benzene rings is 2. The number of hydrogen-bond acceptors (Lipinski definition) is 5. The van der Waals surface area contributed by atoms with Gasteiger partial charge in [-0.1, -0.05) is 22.8 Å². The highest BCUT2D eigenvalue weighted by molar-refractivity contribution is 6.30. The van der Waals surface area contributed by atoms with Crippen LogP contribution in [0.25, 0.3) is 0 Å². The van der Waals surface area contributed by atoms with Crippen molar-refractivity contribution in [2.45, 2.75) is 27.0 Å². The summed E-state index contributed by atoms with van der Waals surface area (Å²) < 4.78 is 16.4. The van der Waals surface area contributed by atoms with Crippen LogP contribution in [0.2, 0.25) is 5.02 Å². The quantitative estimate of drug-likeness (QED) is 0.555. The highest BCUT2D eigenvalue weighted by atomic mass is 35.5. The first-order valence-corrected chi connectivity index (χ1v) is 9.49. The summed E-state index contributed by atoms with van der Waals surface area (Å²) in [7, 11) is 3.33. The number of carbonyl (C=O) groups excluding carboxylic acids is 1. The van der Waals surface area contributed by atoms with Gasteiger partial charge in [0.2, 0.25) is 0 Å². The Kier molecular flexibility index (Phi) is 6.44. The van der Waals surface area contributed by atoms with E-state index in [9.17, 15) is 4.79 Å². The average Bonchev–Trinajstić information content (AvgIpc) is 3.03. The van der Waals surface area contributed by atoms with Gasteiger partial charge >= 0.3 is 0 Å². The predicted octanol–water partition coefficient (Wildman–Crippen LogP) is 4.80. The van der Waals surface area contributed by atoms with E-state index in [2.05, 4.69) is 5.16 Å². The molecule has 2 aromatic carbocycles. The van der Waals surface area contributed by atoms with Gasteiger partial charge in [-0.25, -0.2) is 0 Å². The minimum atomic E-state index is -0.130. The molecule has 0 bridgehead atoms. The molecule has 3 aromatic rings. The number of carbonyl (C=O) groups is 1. The first-order chi connectivity index (χ1) is 13.9. The Hall–Kier alpha value is -2.99. The minimum absolute atomic E-state index is 0.130. The van der Waals surface area contributed by atoms with Gasteiger partial charge in [0.25, 0.3) is 5.91 Å². The van der Waals surface area contributed by atoms with Crippen LogP contribution in [0.4, 0.5) is 0 Å². The number of methoxy groups -OCH3 is 1. The highest BCUT2D eigenvalue weighted by Gasteiger charge is 2.16. The summed E-state index contributed by atoms with van der Waals surface area (Å²) in [6, 6.07) is 12.4. The van der Waals surface area contributed by atoms with E-state index in [0.29, 0.717) is 35.2 Å². The summed E-state index contributed by atoms with van der Waals surface area (Å²) in [5, 5.41) is 4.52. The van der Waals surface area contributed by atoms with Crippen LogP contribution in [0.3, 0.4) is 0 Å². The molecule has 0 radical (unpaired) electrons. The van der Waals surface area contributed by atoms with Gasteiger partial charge < -0.3 is 18.9 Å². The minimum Gasteiger partial charge on any atom is -0.496 e. The molecule has 6 nitrogen and oxygen atoms in total. The smallest absolute Gasteiger partial charge is 0.254 e. The lowest BCUT2D eigenvalue weighted by Crippen LogP contribution is -2.26. The zero-order valence-electron chi connectivity index (χ0n) is 16.9. The third-order valence-corrected chi connectivity index (χ3v) is 4.88. The Bertz CT molecular complexity index is 996. The third-order valence-electron chi connectivity index (χ3n) is 4.64. The molecule has 152 valence electrons. The van der Waals surface area contributed by atoms with Gasteiger partial charge in [0, 0.05) is 29.7 Å². The molecule has 1 amide bonds. The number of rotatable bonds is 7. The van der Waals surface area contributed by atoms with Crippen LogP contribution in [-0.4, -0.2) is 30.1 Å². The molecule has 0 aliphatic heterocycles. The van der Waals surface area contributed by atoms with Crippen LogP contribution in [0, 0.1) is 13.8 Å². The monoisotopic (exact) mass is 414 g/mol. The van der Waals surface area contributed by atoms with Crippen LogP contribution in [-0.2, 0) is 13.2 Å². The van der Waals surface area contributed by atoms with E-state index in [0.717, 1.165) is 22.6 Å². The molecular formula is C22H23ClN2O4. The van der Waals surface area contributed by atoms with Gasteiger partial charge in [-0.3, -0.25) is 4.79 Å². The van der Waals surface area contributed by atoms with E-state index < -0.39 is 0 Å². The second-order valence-corrected chi connectivity index (χ2v) is 7.17. The molecule has 0 saturated carbocycles. The Balaban J connectivity index is 1.71. The number of amides is 1. The van der Waals surface area contributed by atoms with Crippen molar-refractivity contribution < 1.29 is 18.8 Å². The second-order valence-electron chi connectivity index (χ2n) is 6.74. The summed E-state index contributed by atoms with van der Waals surface area (Å²) in [5.74, 6) is 1.88. The largest absolute Gasteiger partial charge is 0.496 e. The standard InChI is InChI=1S/C22H23ClN2O4/c1-14-20(15(2)29-24-14)13-28-19-7-5-6-16(11-19)22(26)25(3)12-17-10-18(23)8-9-21(17)27-4/h5-11H,12-13H2,1-4H3. The number of aryl methyl sites for hydroxylation is 2. The molecule has 29 heavy (non-hydrogen) atoms. The maximum Gasteiger partial charge on any atom is 0.254 e. The predicted molar refractivity (Wildman–Crippen MR) is 111 cm³/mol. The van der Waals surface area contributed by atoms with Crippen LogP contribution in [0.1, 0.15) is 32.9 Å². The van der Waals surface area contributed by atoms with Gasteiger partial charge in [-0.15, -0.1) is 0 Å². The summed E-state index contributed by atoms with van der Waals surface area (Å²) in [6.45, 7) is 4.41. The number of ether oxygens (including phenoxy) is 2. The molecule has 7 heteroatoms. The fourth-order valence-corrected chi connectivity index (χ4v) is 3.20. The molecule has 1 aromatic heterocycles. The summed E-state index contributed by atoms with van der Waals surface area (Å²) in [5.41, 5.74) is 3.07. The Labute approximate surface area is 175 Å². The molecule has 3 rings (SSSR count). The molecule has 0 saturated heterocycles. The lowest BCUT2D eigenvalue weighted by atomic mass is 10.1. The average molecular weight is 415 g/mol. The third kappa shape index (κ3) is 4.90. The maximum atomic E-state index is 12.9. The van der Waals surface area contributed by atoms with Crippen molar-refractivity contribution in [3.63, 3.8) is 0 Å². The van der Waals surface area contributed by atoms with Crippen LogP contribution < -0.4 is 9.47 Å². The van der Waals surface area contributed by atoms with Crippen molar-refractivity contribution in [2.24, 2.45) is 0 Å². The van der Waals surface area contributed by atoms with E-state index in [-0.39, 0.29) is 5.91 Å². The highest BCUT2D eigenvalue weighted by Crippen LogP contribution is 2.25. The van der Waals surface area contributed by atoms with E-state index in [4.69, 9.17) is 25.6 Å². The van der Waals surface area contributed by atoms with Gasteiger partial charge in [0.05, 0.1) is 18.4 Å². The summed E-state index contributed by atoms with van der Waals surface area (Å²) >= 11 is 6.09. The zero-order chi connectivity index (χ0) is 21.0. The molecule has 0 spiro atoms. The molecular weight excluding hydrogens is 392 g/mol. The van der Waals surface area contributed by atoms with Gasteiger partial charge in [0.15, 0.2) is 0 Å². The topological polar surface area (TPSA) is 64.8 Å². The second kappa shape index (κ2) is 9.01. The van der Waals surface area contributed by atoms with Crippen molar-refractivity contribution >= 4 is 17.5 Å². The van der Waals surface area contributed by atoms with Crippen LogP contribution in [0.15, 0.2) is 47.0 Å².